The number of nitrogens with zero attached hydrogens (tertiary/aromatic N) is 3. The number of anilines is 2. The van der Waals surface area contributed by atoms with E-state index < -0.39 is 6.36 Å². The van der Waals surface area contributed by atoms with Crippen molar-refractivity contribution in [2.75, 3.05) is 24.3 Å². The maximum atomic E-state index is 12.4. The first kappa shape index (κ1) is 25.5. The van der Waals surface area contributed by atoms with E-state index in [2.05, 4.69) is 25.3 Å². The lowest BCUT2D eigenvalue weighted by Crippen LogP contribution is -2.40. The second-order valence-corrected chi connectivity index (χ2v) is 7.83. The zero-order chi connectivity index (χ0) is 22.6. The van der Waals surface area contributed by atoms with Gasteiger partial charge in [-0.3, -0.25) is 4.79 Å². The van der Waals surface area contributed by atoms with Gasteiger partial charge in [0.25, 0.3) is 5.91 Å². The van der Waals surface area contributed by atoms with Gasteiger partial charge in [0.1, 0.15) is 11.6 Å². The molecule has 1 amide bonds. The first-order chi connectivity index (χ1) is 14.6. The lowest BCUT2D eigenvalue weighted by Gasteiger charge is -2.30. The number of hydrogen-bond acceptors (Lipinski definition) is 6. The highest BCUT2D eigenvalue weighted by molar-refractivity contribution is 5.94. The molecule has 0 radical (unpaired) electrons. The average Bonchev–Trinajstić information content (AvgIpc) is 2.70. The fourth-order valence-electron chi connectivity index (χ4n) is 3.60. The summed E-state index contributed by atoms with van der Waals surface area (Å²) < 4.78 is 40.5. The Morgan fingerprint density at radius 3 is 2.25 bits per heavy atom. The van der Waals surface area contributed by atoms with Crippen molar-refractivity contribution in [2.24, 2.45) is 0 Å². The molecule has 0 saturated heterocycles. The number of rotatable bonds is 6. The summed E-state index contributed by atoms with van der Waals surface area (Å²) >= 11 is 0. The first-order valence-electron chi connectivity index (χ1n) is 10.0. The molecule has 2 aromatic rings. The molecule has 1 aromatic carbocycles. The Bertz CT molecular complexity index is 901. The normalized spacial score (nSPS) is 18.3. The van der Waals surface area contributed by atoms with E-state index in [4.69, 9.17) is 0 Å². The van der Waals surface area contributed by atoms with Gasteiger partial charge in [-0.05, 0) is 56.9 Å². The SMILES string of the molecule is Cc1cnc(N[C@H]2CC[C@@H](NC(=O)c3ccc(OC(F)(F)F)cc3)CC2)nc1N(C)C.Cl. The van der Waals surface area contributed by atoms with Gasteiger partial charge in [-0.2, -0.15) is 4.98 Å². The molecule has 3 rings (SSSR count). The molecule has 1 aliphatic carbocycles. The molecule has 0 aliphatic heterocycles. The number of carbonyl (C=O) groups excluding carboxylic acids is 1. The topological polar surface area (TPSA) is 79.4 Å². The van der Waals surface area contributed by atoms with Crippen molar-refractivity contribution in [2.45, 2.75) is 51.1 Å². The quantitative estimate of drug-likeness (QED) is 0.650. The number of aryl methyl sites for hydroxylation is 1. The molecule has 2 N–H and O–H groups in total. The number of carbonyl (C=O) groups is 1. The molecule has 32 heavy (non-hydrogen) atoms. The number of benzene rings is 1. The Morgan fingerprint density at radius 1 is 1.09 bits per heavy atom. The van der Waals surface area contributed by atoms with E-state index in [0.717, 1.165) is 49.2 Å². The summed E-state index contributed by atoms with van der Waals surface area (Å²) in [6, 6.07) is 5.12. The van der Waals surface area contributed by atoms with Crippen molar-refractivity contribution in [3.8, 4) is 5.75 Å². The molecule has 1 saturated carbocycles. The maximum Gasteiger partial charge on any atom is 0.573 e. The fourth-order valence-corrected chi connectivity index (χ4v) is 3.60. The van der Waals surface area contributed by atoms with Gasteiger partial charge in [0.05, 0.1) is 0 Å². The second kappa shape index (κ2) is 10.7. The molecule has 1 fully saturated rings. The lowest BCUT2D eigenvalue weighted by atomic mass is 9.91. The summed E-state index contributed by atoms with van der Waals surface area (Å²) in [6.45, 7) is 1.96. The van der Waals surface area contributed by atoms with E-state index in [1.807, 2.05) is 25.9 Å². The minimum Gasteiger partial charge on any atom is -0.406 e. The van der Waals surface area contributed by atoms with Crippen molar-refractivity contribution < 1.29 is 22.7 Å². The molecule has 1 heterocycles. The Kier molecular flexibility index (Phi) is 8.54. The van der Waals surface area contributed by atoms with Crippen LogP contribution in [0, 0.1) is 6.92 Å². The summed E-state index contributed by atoms with van der Waals surface area (Å²) in [6.07, 6.45) is 0.293. The number of nitrogens with one attached hydrogen (secondary N) is 2. The predicted molar refractivity (Wildman–Crippen MR) is 119 cm³/mol. The molecule has 0 unspecified atom stereocenters. The predicted octanol–water partition coefficient (Wildman–Crippen LogP) is 4.32. The molecule has 0 spiro atoms. The van der Waals surface area contributed by atoms with Gasteiger partial charge < -0.3 is 20.3 Å². The molecule has 0 bridgehead atoms. The Morgan fingerprint density at radius 2 is 1.69 bits per heavy atom. The maximum absolute atomic E-state index is 12.4. The van der Waals surface area contributed by atoms with Crippen LogP contribution in [-0.2, 0) is 0 Å². The zero-order valence-electron chi connectivity index (χ0n) is 18.1. The number of alkyl halides is 3. The van der Waals surface area contributed by atoms with Crippen LogP contribution in [0.4, 0.5) is 24.9 Å². The highest BCUT2D eigenvalue weighted by atomic mass is 35.5. The van der Waals surface area contributed by atoms with Gasteiger partial charge in [0.15, 0.2) is 0 Å². The third-order valence-electron chi connectivity index (χ3n) is 5.11. The van der Waals surface area contributed by atoms with E-state index in [9.17, 15) is 18.0 Å². The molecule has 0 atom stereocenters. The minimum atomic E-state index is -4.76. The number of amides is 1. The summed E-state index contributed by atoms with van der Waals surface area (Å²) in [4.78, 5) is 23.2. The van der Waals surface area contributed by atoms with Gasteiger partial charge in [-0.25, -0.2) is 4.98 Å². The van der Waals surface area contributed by atoms with Gasteiger partial charge in [-0.15, -0.1) is 25.6 Å². The number of halogens is 4. The van der Waals surface area contributed by atoms with Gasteiger partial charge in [0.2, 0.25) is 5.95 Å². The summed E-state index contributed by atoms with van der Waals surface area (Å²) in [5.74, 6) is 0.784. The summed E-state index contributed by atoms with van der Waals surface area (Å²) in [7, 11) is 3.87. The molecule has 176 valence electrons. The van der Waals surface area contributed by atoms with Gasteiger partial charge in [0, 0.05) is 43.5 Å². The molecule has 7 nitrogen and oxygen atoms in total. The Labute approximate surface area is 191 Å². The lowest BCUT2D eigenvalue weighted by molar-refractivity contribution is -0.274. The average molecular weight is 474 g/mol. The van der Waals surface area contributed by atoms with Gasteiger partial charge >= 0.3 is 6.36 Å². The van der Waals surface area contributed by atoms with E-state index in [1.54, 1.807) is 6.20 Å². The van der Waals surface area contributed by atoms with Crippen LogP contribution in [0.1, 0.15) is 41.6 Å². The highest BCUT2D eigenvalue weighted by Gasteiger charge is 2.31. The summed E-state index contributed by atoms with van der Waals surface area (Å²) in [5.41, 5.74) is 1.29. The Hall–Kier alpha value is -2.75. The minimum absolute atomic E-state index is 0. The van der Waals surface area contributed by atoms with Crippen molar-refractivity contribution in [3.63, 3.8) is 0 Å². The molecular weight excluding hydrogens is 447 g/mol. The molecule has 1 aromatic heterocycles. The van der Waals surface area contributed by atoms with Crippen molar-refractivity contribution >= 4 is 30.1 Å². The van der Waals surface area contributed by atoms with Crippen LogP contribution in [0.15, 0.2) is 30.5 Å². The first-order valence-corrected chi connectivity index (χ1v) is 10.0. The summed E-state index contributed by atoms with van der Waals surface area (Å²) in [5, 5.41) is 6.32. The van der Waals surface area contributed by atoms with E-state index >= 15 is 0 Å². The third kappa shape index (κ3) is 7.15. The van der Waals surface area contributed by atoms with Crippen molar-refractivity contribution in [3.05, 3.63) is 41.6 Å². The Balaban J connectivity index is 0.00000363. The van der Waals surface area contributed by atoms with Crippen LogP contribution in [-0.4, -0.2) is 48.4 Å². The number of ether oxygens (including phenoxy) is 1. The van der Waals surface area contributed by atoms with Crippen LogP contribution in [0.3, 0.4) is 0 Å². The van der Waals surface area contributed by atoms with E-state index in [1.165, 1.54) is 12.1 Å². The van der Waals surface area contributed by atoms with E-state index in [0.29, 0.717) is 11.5 Å². The van der Waals surface area contributed by atoms with Crippen molar-refractivity contribution in [1.82, 2.24) is 15.3 Å². The third-order valence-corrected chi connectivity index (χ3v) is 5.11. The standard InChI is InChI=1S/C21H26F3N5O2.ClH/c1-13-12-25-20(28-18(13)29(2)3)27-16-8-6-15(7-9-16)26-19(30)14-4-10-17(11-5-14)31-21(22,23)24;/h4-5,10-12,15-16H,6-9H2,1-3H3,(H,26,30)(H,25,27,28);1H/t15-,16+;. The fraction of sp³-hybridized carbons (Fsp3) is 0.476. The van der Waals surface area contributed by atoms with Crippen LogP contribution >= 0.6 is 12.4 Å². The number of hydrogen-bond donors (Lipinski definition) is 2. The molecule has 11 heteroatoms. The van der Waals surface area contributed by atoms with Crippen molar-refractivity contribution in [1.29, 1.82) is 0 Å². The van der Waals surface area contributed by atoms with Crippen LogP contribution in [0.5, 0.6) is 5.75 Å². The monoisotopic (exact) mass is 473 g/mol. The molecular formula is C21H27ClF3N5O2. The van der Waals surface area contributed by atoms with Gasteiger partial charge in [-0.1, -0.05) is 0 Å². The zero-order valence-corrected chi connectivity index (χ0v) is 18.9. The van der Waals surface area contributed by atoms with Crippen LogP contribution in [0.25, 0.3) is 0 Å². The largest absolute Gasteiger partial charge is 0.573 e. The van der Waals surface area contributed by atoms with E-state index in [-0.39, 0.29) is 36.1 Å². The second-order valence-electron chi connectivity index (χ2n) is 7.83. The van der Waals surface area contributed by atoms with Crippen LogP contribution in [0.2, 0.25) is 0 Å². The highest BCUT2D eigenvalue weighted by Crippen LogP contribution is 2.24. The smallest absolute Gasteiger partial charge is 0.406 e. The number of aromatic nitrogens is 2. The molecule has 1 aliphatic rings. The van der Waals surface area contributed by atoms with Crippen LogP contribution < -0.4 is 20.3 Å².